The molecule has 20 heavy (non-hydrogen) atoms. The minimum atomic E-state index is 0.0333. The molecule has 0 fully saturated rings. The molecule has 1 aromatic carbocycles. The Kier molecular flexibility index (Phi) is 3.56. The molecule has 0 aliphatic carbocycles. The summed E-state index contributed by atoms with van der Waals surface area (Å²) in [6.45, 7) is 3.05. The Labute approximate surface area is 118 Å². The van der Waals surface area contributed by atoms with E-state index < -0.39 is 0 Å². The predicted molar refractivity (Wildman–Crippen MR) is 77.6 cm³/mol. The van der Waals surface area contributed by atoms with Gasteiger partial charge < -0.3 is 15.1 Å². The highest BCUT2D eigenvalue weighted by atomic mass is 16.3. The van der Waals surface area contributed by atoms with Crippen LogP contribution in [0.3, 0.4) is 0 Å². The van der Waals surface area contributed by atoms with Gasteiger partial charge in [0.2, 0.25) is 5.91 Å². The molecule has 1 unspecified atom stereocenters. The van der Waals surface area contributed by atoms with E-state index in [0.29, 0.717) is 6.42 Å². The van der Waals surface area contributed by atoms with E-state index in [-0.39, 0.29) is 11.9 Å². The third-order valence-electron chi connectivity index (χ3n) is 3.51. The van der Waals surface area contributed by atoms with E-state index in [2.05, 4.69) is 23.6 Å². The van der Waals surface area contributed by atoms with E-state index in [1.54, 1.807) is 6.26 Å². The van der Waals surface area contributed by atoms with Crippen molar-refractivity contribution in [2.45, 2.75) is 25.8 Å². The molecule has 2 heterocycles. The Bertz CT molecular complexity index is 605. The van der Waals surface area contributed by atoms with Crippen molar-refractivity contribution in [2.24, 2.45) is 0 Å². The molecule has 0 radical (unpaired) electrons. The monoisotopic (exact) mass is 270 g/mol. The van der Waals surface area contributed by atoms with Crippen LogP contribution in [0.25, 0.3) is 0 Å². The maximum absolute atomic E-state index is 11.4. The number of fused-ring (bicyclic) bond motifs is 1. The van der Waals surface area contributed by atoms with Crippen molar-refractivity contribution in [2.75, 3.05) is 11.9 Å². The Morgan fingerprint density at radius 3 is 3.05 bits per heavy atom. The Morgan fingerprint density at radius 1 is 1.40 bits per heavy atom. The van der Waals surface area contributed by atoms with Gasteiger partial charge in [0.25, 0.3) is 0 Å². The van der Waals surface area contributed by atoms with Crippen LogP contribution in [-0.4, -0.2) is 12.5 Å². The van der Waals surface area contributed by atoms with Gasteiger partial charge in [-0.3, -0.25) is 4.79 Å². The molecular weight excluding hydrogens is 252 g/mol. The van der Waals surface area contributed by atoms with Crippen LogP contribution >= 0.6 is 0 Å². The molecule has 0 bridgehead atoms. The first-order chi connectivity index (χ1) is 9.78. The Balaban J connectivity index is 1.91. The number of anilines is 1. The first kappa shape index (κ1) is 12.9. The summed E-state index contributed by atoms with van der Waals surface area (Å²) in [7, 11) is 0. The molecule has 1 aliphatic rings. The number of rotatable bonds is 5. The molecule has 3 rings (SSSR count). The van der Waals surface area contributed by atoms with E-state index >= 15 is 0 Å². The van der Waals surface area contributed by atoms with E-state index in [4.69, 9.17) is 4.42 Å². The van der Waals surface area contributed by atoms with Crippen LogP contribution in [0.15, 0.2) is 41.0 Å². The average molecular weight is 270 g/mol. The highest BCUT2D eigenvalue weighted by molar-refractivity contribution is 5.99. The summed E-state index contributed by atoms with van der Waals surface area (Å²) in [6, 6.07) is 10.0. The average Bonchev–Trinajstić information content (AvgIpc) is 3.07. The highest BCUT2D eigenvalue weighted by Gasteiger charge is 2.21. The largest absolute Gasteiger partial charge is 0.467 e. The molecule has 1 aliphatic heterocycles. The van der Waals surface area contributed by atoms with Gasteiger partial charge in [-0.2, -0.15) is 0 Å². The summed E-state index contributed by atoms with van der Waals surface area (Å²) in [5.41, 5.74) is 3.11. The number of hydrogen-bond acceptors (Lipinski definition) is 3. The van der Waals surface area contributed by atoms with Crippen LogP contribution in [0.2, 0.25) is 0 Å². The van der Waals surface area contributed by atoms with Crippen molar-refractivity contribution >= 4 is 11.6 Å². The summed E-state index contributed by atoms with van der Waals surface area (Å²) < 4.78 is 5.54. The molecule has 2 aromatic rings. The van der Waals surface area contributed by atoms with Gasteiger partial charge in [0.15, 0.2) is 0 Å². The van der Waals surface area contributed by atoms with Crippen LogP contribution in [0.1, 0.15) is 36.3 Å². The molecule has 1 amide bonds. The molecule has 2 N–H and O–H groups in total. The van der Waals surface area contributed by atoms with Crippen molar-refractivity contribution in [3.63, 3.8) is 0 Å². The summed E-state index contributed by atoms with van der Waals surface area (Å²) in [6.07, 6.45) is 3.21. The lowest BCUT2D eigenvalue weighted by Crippen LogP contribution is -2.22. The lowest BCUT2D eigenvalue weighted by Gasteiger charge is -2.17. The maximum atomic E-state index is 11.4. The standard InChI is InChI=1S/C16H18N2O2/c1-2-7-17-16(14-4-3-8-20-14)11-5-6-13-12(9-11)10-15(19)18-13/h3-6,8-9,16-17H,2,7,10H2,1H3,(H,18,19). The van der Waals surface area contributed by atoms with Gasteiger partial charge in [0, 0.05) is 5.69 Å². The number of nitrogens with one attached hydrogen (secondary N) is 2. The van der Waals surface area contributed by atoms with Gasteiger partial charge in [-0.05, 0) is 42.3 Å². The van der Waals surface area contributed by atoms with Gasteiger partial charge in [-0.1, -0.05) is 19.1 Å². The molecule has 0 spiro atoms. The smallest absolute Gasteiger partial charge is 0.228 e. The minimum absolute atomic E-state index is 0.0333. The zero-order valence-electron chi connectivity index (χ0n) is 11.5. The number of carbonyl (C=O) groups is 1. The minimum Gasteiger partial charge on any atom is -0.467 e. The van der Waals surface area contributed by atoms with Crippen molar-refractivity contribution in [1.29, 1.82) is 0 Å². The lowest BCUT2D eigenvalue weighted by molar-refractivity contribution is -0.115. The normalized spacial score (nSPS) is 14.9. The second-order valence-electron chi connectivity index (χ2n) is 5.04. The summed E-state index contributed by atoms with van der Waals surface area (Å²) in [5.74, 6) is 0.962. The van der Waals surface area contributed by atoms with Crippen LogP contribution in [0, 0.1) is 0 Å². The predicted octanol–water partition coefficient (Wildman–Crippen LogP) is 2.86. The highest BCUT2D eigenvalue weighted by Crippen LogP contribution is 2.29. The topological polar surface area (TPSA) is 54.3 Å². The maximum Gasteiger partial charge on any atom is 0.228 e. The number of hydrogen-bond donors (Lipinski definition) is 2. The molecule has 1 aromatic heterocycles. The molecule has 1 atom stereocenters. The van der Waals surface area contributed by atoms with E-state index in [1.807, 2.05) is 24.3 Å². The summed E-state index contributed by atoms with van der Waals surface area (Å²) in [5, 5.41) is 6.35. The van der Waals surface area contributed by atoms with Gasteiger partial charge in [0.05, 0.1) is 18.7 Å². The van der Waals surface area contributed by atoms with Gasteiger partial charge in [0.1, 0.15) is 5.76 Å². The zero-order chi connectivity index (χ0) is 13.9. The van der Waals surface area contributed by atoms with Crippen molar-refractivity contribution in [3.8, 4) is 0 Å². The first-order valence-corrected chi connectivity index (χ1v) is 6.97. The molecule has 104 valence electrons. The van der Waals surface area contributed by atoms with Gasteiger partial charge in [-0.15, -0.1) is 0 Å². The van der Waals surface area contributed by atoms with E-state index in [9.17, 15) is 4.79 Å². The number of benzene rings is 1. The summed E-state index contributed by atoms with van der Waals surface area (Å²) in [4.78, 5) is 11.4. The fourth-order valence-corrected chi connectivity index (χ4v) is 2.56. The third-order valence-corrected chi connectivity index (χ3v) is 3.51. The second kappa shape index (κ2) is 5.51. The Morgan fingerprint density at radius 2 is 2.30 bits per heavy atom. The van der Waals surface area contributed by atoms with Gasteiger partial charge in [-0.25, -0.2) is 0 Å². The fourth-order valence-electron chi connectivity index (χ4n) is 2.56. The van der Waals surface area contributed by atoms with Crippen LogP contribution < -0.4 is 10.6 Å². The quantitative estimate of drug-likeness (QED) is 0.878. The van der Waals surface area contributed by atoms with Crippen molar-refractivity contribution in [3.05, 3.63) is 53.5 Å². The second-order valence-corrected chi connectivity index (χ2v) is 5.04. The number of amides is 1. The van der Waals surface area contributed by atoms with Crippen LogP contribution in [0.5, 0.6) is 0 Å². The molecule has 0 saturated carbocycles. The van der Waals surface area contributed by atoms with E-state index in [0.717, 1.165) is 35.5 Å². The number of furan rings is 1. The molecule has 4 nitrogen and oxygen atoms in total. The SMILES string of the molecule is CCCNC(c1ccc2c(c1)CC(=O)N2)c1ccco1. The van der Waals surface area contributed by atoms with Crippen LogP contribution in [-0.2, 0) is 11.2 Å². The zero-order valence-corrected chi connectivity index (χ0v) is 11.5. The third kappa shape index (κ3) is 2.47. The van der Waals surface area contributed by atoms with Crippen molar-refractivity contribution < 1.29 is 9.21 Å². The molecule has 0 saturated heterocycles. The van der Waals surface area contributed by atoms with Crippen LogP contribution in [0.4, 0.5) is 5.69 Å². The number of carbonyl (C=O) groups excluding carboxylic acids is 1. The van der Waals surface area contributed by atoms with E-state index in [1.165, 1.54) is 0 Å². The molecular formula is C16H18N2O2. The van der Waals surface area contributed by atoms with Crippen molar-refractivity contribution in [1.82, 2.24) is 5.32 Å². The summed E-state index contributed by atoms with van der Waals surface area (Å²) >= 11 is 0. The molecule has 4 heteroatoms. The fraction of sp³-hybridized carbons (Fsp3) is 0.312. The van der Waals surface area contributed by atoms with Gasteiger partial charge >= 0.3 is 0 Å². The lowest BCUT2D eigenvalue weighted by atomic mass is 10.0. The first-order valence-electron chi connectivity index (χ1n) is 6.97. The Hall–Kier alpha value is -2.07.